The van der Waals surface area contributed by atoms with Gasteiger partial charge in [0.2, 0.25) is 5.95 Å². The fourth-order valence-electron chi connectivity index (χ4n) is 1.75. The monoisotopic (exact) mass is 233 g/mol. The number of rotatable bonds is 3. The number of hydrogen-bond acceptors (Lipinski definition) is 7. The van der Waals surface area contributed by atoms with Crippen molar-refractivity contribution in [2.45, 2.75) is 0 Å². The minimum absolute atomic E-state index is 0.00972. The van der Waals surface area contributed by atoms with Crippen LogP contribution in [0.15, 0.2) is 4.79 Å². The molecule has 0 saturated carbocycles. The Hall–Kier alpha value is -2.21. The number of aromatic nitrogens is 2. The number of nitrogens with zero attached hydrogens (tertiary/aromatic N) is 4. The first-order valence-corrected chi connectivity index (χ1v) is 4.92. The zero-order valence-electron chi connectivity index (χ0n) is 8.92. The van der Waals surface area contributed by atoms with Gasteiger partial charge in [0.05, 0.1) is 13.3 Å². The summed E-state index contributed by atoms with van der Waals surface area (Å²) in [6, 6.07) is 0. The average Bonchev–Trinajstić information content (AvgIpc) is 2.58. The lowest BCUT2D eigenvalue weighted by Gasteiger charge is -2.17. The van der Waals surface area contributed by atoms with Gasteiger partial charge in [0, 0.05) is 12.5 Å². The highest BCUT2D eigenvalue weighted by molar-refractivity contribution is 6.50. The van der Waals surface area contributed by atoms with Crippen LogP contribution in [0.5, 0.6) is 0 Å². The normalized spacial score (nSPS) is 13.4. The van der Waals surface area contributed by atoms with Crippen molar-refractivity contribution in [3.8, 4) is 5.97 Å². The van der Waals surface area contributed by atoms with Crippen molar-refractivity contribution in [3.05, 3.63) is 10.4 Å². The third-order valence-electron chi connectivity index (χ3n) is 2.39. The van der Waals surface area contributed by atoms with E-state index in [0.717, 1.165) is 0 Å². The van der Waals surface area contributed by atoms with Gasteiger partial charge in [0.25, 0.3) is 5.56 Å². The van der Waals surface area contributed by atoms with Crippen LogP contribution in [0.2, 0.25) is 0 Å². The molecule has 8 nitrogen and oxygen atoms in total. The van der Waals surface area contributed by atoms with Crippen molar-refractivity contribution in [2.75, 3.05) is 35.3 Å². The zero-order valence-corrected chi connectivity index (χ0v) is 8.92. The van der Waals surface area contributed by atoms with E-state index < -0.39 is 5.56 Å². The molecule has 2 heterocycles. The summed E-state index contributed by atoms with van der Waals surface area (Å²) in [4.78, 5) is 21.3. The second-order valence-electron chi connectivity index (χ2n) is 3.48. The van der Waals surface area contributed by atoms with Crippen molar-refractivity contribution < 1.29 is 5.11 Å². The summed E-state index contributed by atoms with van der Waals surface area (Å²) < 4.78 is 0. The molecule has 1 aliphatic heterocycles. The van der Waals surface area contributed by atoms with Gasteiger partial charge < -0.3 is 20.6 Å². The Morgan fingerprint density at radius 3 is 3.12 bits per heavy atom. The molecule has 87 valence electrons. The van der Waals surface area contributed by atoms with E-state index in [4.69, 9.17) is 16.1 Å². The number of H-pyrrole nitrogens is 1. The maximum atomic E-state index is 11.7. The van der Waals surface area contributed by atoms with Crippen molar-refractivity contribution in [1.82, 2.24) is 9.97 Å². The van der Waals surface area contributed by atoms with Crippen LogP contribution in [0.4, 0.5) is 17.5 Å². The standard InChI is InChI=1S/C8H10BN6O2/c10-3-9-15-4-14(1-2-16)6-5(15)7(17)13-8(11)12-6/h16H,1-2,4H2,(H3,11,12,13,17). The highest BCUT2D eigenvalue weighted by Gasteiger charge is 2.30. The van der Waals surface area contributed by atoms with E-state index in [9.17, 15) is 4.79 Å². The number of anilines is 3. The highest BCUT2D eigenvalue weighted by atomic mass is 16.3. The number of nitrogens with two attached hydrogens (primary N) is 1. The smallest absolute Gasteiger partial charge is 0.388 e. The molecule has 17 heavy (non-hydrogen) atoms. The fourth-order valence-corrected chi connectivity index (χ4v) is 1.75. The SMILES string of the molecule is N#C[B]N1CN(CCO)c2nc(N)[nH]c(=O)c21. The molecule has 0 fully saturated rings. The van der Waals surface area contributed by atoms with E-state index in [1.165, 1.54) is 12.2 Å². The molecular weight excluding hydrogens is 223 g/mol. The summed E-state index contributed by atoms with van der Waals surface area (Å²) in [6.07, 6.45) is 0. The van der Waals surface area contributed by atoms with Crippen molar-refractivity contribution in [2.24, 2.45) is 0 Å². The van der Waals surface area contributed by atoms with E-state index in [2.05, 4.69) is 9.97 Å². The number of aliphatic hydroxyl groups is 1. The van der Waals surface area contributed by atoms with E-state index in [1.54, 1.807) is 4.90 Å². The molecule has 0 amide bonds. The molecule has 0 saturated heterocycles. The van der Waals surface area contributed by atoms with Gasteiger partial charge >= 0.3 is 7.41 Å². The summed E-state index contributed by atoms with van der Waals surface area (Å²) in [5.41, 5.74) is 5.33. The van der Waals surface area contributed by atoms with Gasteiger partial charge in [0.15, 0.2) is 5.82 Å². The largest absolute Gasteiger partial charge is 0.395 e. The maximum Gasteiger partial charge on any atom is 0.388 e. The Bertz CT molecular complexity index is 524. The molecule has 1 aromatic heterocycles. The van der Waals surface area contributed by atoms with Crippen LogP contribution in [-0.2, 0) is 0 Å². The van der Waals surface area contributed by atoms with Crippen LogP contribution < -0.4 is 21.0 Å². The van der Waals surface area contributed by atoms with E-state index in [-0.39, 0.29) is 18.2 Å². The number of nitrogen functional groups attached to an aromatic ring is 1. The topological polar surface area (TPSA) is 122 Å². The number of aromatic amines is 1. The predicted molar refractivity (Wildman–Crippen MR) is 62.4 cm³/mol. The van der Waals surface area contributed by atoms with Crippen molar-refractivity contribution in [1.29, 1.82) is 5.26 Å². The van der Waals surface area contributed by atoms with Crippen molar-refractivity contribution >= 4 is 24.9 Å². The number of aliphatic hydroxyl groups excluding tert-OH is 1. The lowest BCUT2D eigenvalue weighted by atomic mass is 9.95. The number of nitrogens with one attached hydrogen (secondary N) is 1. The highest BCUT2D eigenvalue weighted by Crippen LogP contribution is 2.29. The maximum absolute atomic E-state index is 11.7. The molecule has 1 aliphatic rings. The first-order valence-electron chi connectivity index (χ1n) is 4.92. The van der Waals surface area contributed by atoms with E-state index in [0.29, 0.717) is 19.0 Å². The molecule has 0 aliphatic carbocycles. The van der Waals surface area contributed by atoms with Gasteiger partial charge in [-0.05, 0) is 0 Å². The third kappa shape index (κ3) is 1.90. The fraction of sp³-hybridized carbons (Fsp3) is 0.375. The van der Waals surface area contributed by atoms with Gasteiger partial charge in [0.1, 0.15) is 5.69 Å². The molecule has 0 aromatic carbocycles. The van der Waals surface area contributed by atoms with Crippen LogP contribution in [0.3, 0.4) is 0 Å². The molecule has 1 radical (unpaired) electrons. The van der Waals surface area contributed by atoms with Crippen LogP contribution in [0.25, 0.3) is 0 Å². The lowest BCUT2D eigenvalue weighted by Crippen LogP contribution is -2.35. The second-order valence-corrected chi connectivity index (χ2v) is 3.48. The first-order chi connectivity index (χ1) is 8.17. The Morgan fingerprint density at radius 2 is 2.47 bits per heavy atom. The number of β-amino-alcohol motifs (C(OH)–C–C–N with tert-alkyl or cyclic N) is 1. The first kappa shape index (κ1) is 11.3. The lowest BCUT2D eigenvalue weighted by molar-refractivity contribution is 0.302. The summed E-state index contributed by atoms with van der Waals surface area (Å²) in [7, 11) is 1.23. The molecule has 0 spiro atoms. The van der Waals surface area contributed by atoms with Crippen molar-refractivity contribution in [3.63, 3.8) is 0 Å². The summed E-state index contributed by atoms with van der Waals surface area (Å²) in [6.45, 7) is 0.538. The Labute approximate surface area is 97.5 Å². The summed E-state index contributed by atoms with van der Waals surface area (Å²) in [5, 5.41) is 17.6. The van der Waals surface area contributed by atoms with E-state index >= 15 is 0 Å². The van der Waals surface area contributed by atoms with Crippen LogP contribution in [-0.4, -0.2) is 42.3 Å². The minimum atomic E-state index is -0.403. The quantitative estimate of drug-likeness (QED) is 0.517. The zero-order chi connectivity index (χ0) is 12.4. The Morgan fingerprint density at radius 1 is 1.71 bits per heavy atom. The third-order valence-corrected chi connectivity index (χ3v) is 2.39. The minimum Gasteiger partial charge on any atom is -0.395 e. The molecule has 0 unspecified atom stereocenters. The van der Waals surface area contributed by atoms with Gasteiger partial charge in [-0.15, -0.1) is 0 Å². The molecule has 1 aromatic rings. The van der Waals surface area contributed by atoms with Crippen LogP contribution >= 0.6 is 0 Å². The molecule has 9 heteroatoms. The van der Waals surface area contributed by atoms with E-state index in [1.807, 2.05) is 5.97 Å². The van der Waals surface area contributed by atoms with Gasteiger partial charge in [-0.25, -0.2) is 5.26 Å². The Kier molecular flexibility index (Phi) is 2.89. The second kappa shape index (κ2) is 4.35. The van der Waals surface area contributed by atoms with Gasteiger partial charge in [-0.2, -0.15) is 4.98 Å². The molecule has 0 atom stereocenters. The van der Waals surface area contributed by atoms with Gasteiger partial charge in [-0.3, -0.25) is 9.78 Å². The number of fused-ring (bicyclic) bond motifs is 1. The van der Waals surface area contributed by atoms with Crippen LogP contribution in [0.1, 0.15) is 0 Å². The van der Waals surface area contributed by atoms with Gasteiger partial charge in [-0.1, -0.05) is 0 Å². The predicted octanol–water partition coefficient (Wildman–Crippen LogP) is -1.97. The number of nitriles is 1. The molecular formula is C8H10BN6O2. The van der Waals surface area contributed by atoms with Crippen LogP contribution in [0, 0.1) is 11.2 Å². The Balaban J connectivity index is 2.47. The summed E-state index contributed by atoms with van der Waals surface area (Å²) in [5.74, 6) is 2.25. The molecule has 2 rings (SSSR count). The summed E-state index contributed by atoms with van der Waals surface area (Å²) >= 11 is 0. The molecule has 0 bridgehead atoms. The average molecular weight is 233 g/mol. The molecule has 4 N–H and O–H groups in total. The number of hydrogen-bond donors (Lipinski definition) is 3.